The van der Waals surface area contributed by atoms with Crippen molar-refractivity contribution in [2.45, 2.75) is 45.6 Å². The topological polar surface area (TPSA) is 81.6 Å². The van der Waals surface area contributed by atoms with Crippen molar-refractivity contribution in [1.82, 2.24) is 15.2 Å². The first-order valence-corrected chi connectivity index (χ1v) is 10.2. The molecule has 0 bridgehead atoms. The van der Waals surface area contributed by atoms with Crippen LogP contribution in [0.1, 0.15) is 43.9 Å². The maximum absolute atomic E-state index is 13.3. The fourth-order valence-electron chi connectivity index (χ4n) is 3.76. The average Bonchev–Trinajstić information content (AvgIpc) is 2.73. The molecule has 1 fully saturated rings. The van der Waals surface area contributed by atoms with Gasteiger partial charge in [0, 0.05) is 57.5 Å². The Labute approximate surface area is 175 Å². The summed E-state index contributed by atoms with van der Waals surface area (Å²) in [6.07, 6.45) is -0.298. The molecule has 0 aliphatic carbocycles. The van der Waals surface area contributed by atoms with Gasteiger partial charge in [0.2, 0.25) is 5.91 Å². The third-order valence-electron chi connectivity index (χ3n) is 5.68. The molecule has 2 aliphatic heterocycles. The summed E-state index contributed by atoms with van der Waals surface area (Å²) in [4.78, 5) is 19.2. The number of carbonyl (C=O) groups excluding carboxylic acids is 1. The van der Waals surface area contributed by atoms with Gasteiger partial charge in [-0.1, -0.05) is 6.07 Å². The number of pyridine rings is 1. The lowest BCUT2D eigenvalue weighted by Crippen LogP contribution is -2.45. The molecular weight excluding hydrogens is 392 g/mol. The van der Waals surface area contributed by atoms with E-state index in [1.54, 1.807) is 31.0 Å². The Hall–Kier alpha value is -2.55. The molecule has 0 saturated carbocycles. The van der Waals surface area contributed by atoms with Crippen LogP contribution in [0, 0.1) is 12.3 Å². The fraction of sp³-hybridized carbons (Fsp3) is 0.571. The molecule has 3 rings (SSSR count). The van der Waals surface area contributed by atoms with Crippen molar-refractivity contribution in [3.8, 4) is 0 Å². The molecule has 164 valence electrons. The van der Waals surface area contributed by atoms with Gasteiger partial charge >= 0.3 is 0 Å². The van der Waals surface area contributed by atoms with E-state index in [-0.39, 0.29) is 29.3 Å². The molecule has 1 saturated heterocycles. The number of nitrogens with zero attached hydrogens (tertiary/aromatic N) is 3. The van der Waals surface area contributed by atoms with E-state index in [0.717, 1.165) is 18.5 Å². The molecule has 0 aromatic carbocycles. The van der Waals surface area contributed by atoms with E-state index in [1.165, 1.54) is 11.8 Å². The third-order valence-corrected chi connectivity index (χ3v) is 5.68. The van der Waals surface area contributed by atoms with Crippen LogP contribution in [0.3, 0.4) is 0 Å². The first-order chi connectivity index (χ1) is 14.3. The average molecular weight is 421 g/mol. The third kappa shape index (κ3) is 4.95. The number of amidine groups is 1. The van der Waals surface area contributed by atoms with Gasteiger partial charge in [-0.2, -0.15) is 0 Å². The Morgan fingerprint density at radius 2 is 2.07 bits per heavy atom. The van der Waals surface area contributed by atoms with Crippen LogP contribution in [0.4, 0.5) is 14.6 Å². The smallest absolute Gasteiger partial charge is 0.280 e. The summed E-state index contributed by atoms with van der Waals surface area (Å²) in [6.45, 7) is 5.38. The molecule has 1 aromatic rings. The van der Waals surface area contributed by atoms with Crippen molar-refractivity contribution in [3.63, 3.8) is 0 Å². The van der Waals surface area contributed by atoms with Gasteiger partial charge in [0.1, 0.15) is 17.3 Å². The molecular formula is C21H29F2N5O2. The molecule has 2 N–H and O–H groups in total. The number of ether oxygens (including phenoxy) is 1. The zero-order valence-electron chi connectivity index (χ0n) is 17.7. The van der Waals surface area contributed by atoms with Gasteiger partial charge in [0.25, 0.3) is 6.43 Å². The molecule has 0 radical (unpaired) electrons. The van der Waals surface area contributed by atoms with Gasteiger partial charge in [-0.15, -0.1) is 0 Å². The number of hydrogen-bond acceptors (Lipinski definition) is 5. The molecule has 0 atom stereocenters. The number of aromatic nitrogens is 1. The van der Waals surface area contributed by atoms with Crippen LogP contribution in [-0.4, -0.2) is 61.0 Å². The van der Waals surface area contributed by atoms with Gasteiger partial charge in [-0.25, -0.2) is 13.8 Å². The SMILES string of the molecule is CC(=O)N1CCC(NC2CCOCC2)=C(C(=N)N(C)c2ccc(C)c(C(F)F)n2)C1. The minimum Gasteiger partial charge on any atom is -0.385 e. The first-order valence-electron chi connectivity index (χ1n) is 10.2. The lowest BCUT2D eigenvalue weighted by atomic mass is 10.0. The number of nitrogens with one attached hydrogen (secondary N) is 2. The lowest BCUT2D eigenvalue weighted by molar-refractivity contribution is -0.128. The normalized spacial score (nSPS) is 18.0. The van der Waals surface area contributed by atoms with Gasteiger partial charge in [0.15, 0.2) is 0 Å². The van der Waals surface area contributed by atoms with Gasteiger partial charge in [-0.3, -0.25) is 10.2 Å². The number of likely N-dealkylation sites (N-methyl/N-ethyl adjacent to an activating group) is 1. The number of anilines is 1. The molecule has 0 unspecified atom stereocenters. The molecule has 9 heteroatoms. The highest BCUT2D eigenvalue weighted by atomic mass is 19.3. The van der Waals surface area contributed by atoms with Crippen molar-refractivity contribution in [3.05, 3.63) is 34.7 Å². The second-order valence-corrected chi connectivity index (χ2v) is 7.76. The van der Waals surface area contributed by atoms with Gasteiger partial charge in [-0.05, 0) is 31.4 Å². The summed E-state index contributed by atoms with van der Waals surface area (Å²) in [5, 5.41) is 12.3. The molecule has 1 amide bonds. The second-order valence-electron chi connectivity index (χ2n) is 7.76. The summed E-state index contributed by atoms with van der Waals surface area (Å²) in [5.41, 5.74) is 1.75. The van der Waals surface area contributed by atoms with Crippen molar-refractivity contribution in [1.29, 1.82) is 5.41 Å². The van der Waals surface area contributed by atoms with Crippen LogP contribution in [0.2, 0.25) is 0 Å². The standard InChI is InChI=1S/C21H29F2N5O2/c1-13-4-5-18(26-19(13)20(22)23)27(3)21(24)16-12-28(14(2)29)9-6-17(16)25-15-7-10-30-11-8-15/h4-5,15,20,24-25H,6-12H2,1-3H3. The number of amides is 1. The van der Waals surface area contributed by atoms with Gasteiger partial charge < -0.3 is 19.9 Å². The van der Waals surface area contributed by atoms with E-state index < -0.39 is 6.43 Å². The molecule has 2 aliphatic rings. The number of halogens is 2. The molecule has 3 heterocycles. The predicted octanol–water partition coefficient (Wildman–Crippen LogP) is 3.02. The summed E-state index contributed by atoms with van der Waals surface area (Å²) >= 11 is 0. The van der Waals surface area contributed by atoms with Crippen LogP contribution in [0.15, 0.2) is 23.4 Å². The van der Waals surface area contributed by atoms with Crippen molar-refractivity contribution in [2.24, 2.45) is 0 Å². The summed E-state index contributed by atoms with van der Waals surface area (Å²) in [7, 11) is 1.64. The van der Waals surface area contributed by atoms with E-state index >= 15 is 0 Å². The number of carbonyl (C=O) groups is 1. The van der Waals surface area contributed by atoms with E-state index in [0.29, 0.717) is 43.9 Å². The molecule has 30 heavy (non-hydrogen) atoms. The Balaban J connectivity index is 1.89. The molecule has 7 nitrogen and oxygen atoms in total. The number of aryl methyl sites for hydroxylation is 1. The maximum Gasteiger partial charge on any atom is 0.280 e. The molecule has 0 spiro atoms. The van der Waals surface area contributed by atoms with E-state index in [1.807, 2.05) is 0 Å². The van der Waals surface area contributed by atoms with E-state index in [2.05, 4.69) is 10.3 Å². The van der Waals surface area contributed by atoms with E-state index in [4.69, 9.17) is 10.1 Å². The Morgan fingerprint density at radius 1 is 1.37 bits per heavy atom. The minimum atomic E-state index is -2.68. The van der Waals surface area contributed by atoms with Crippen LogP contribution in [-0.2, 0) is 9.53 Å². The number of rotatable bonds is 5. The van der Waals surface area contributed by atoms with Crippen LogP contribution < -0.4 is 10.2 Å². The minimum absolute atomic E-state index is 0.0542. The number of alkyl halides is 2. The second kappa shape index (κ2) is 9.51. The monoisotopic (exact) mass is 421 g/mol. The molecule has 1 aromatic heterocycles. The lowest BCUT2D eigenvalue weighted by Gasteiger charge is -2.35. The van der Waals surface area contributed by atoms with Crippen molar-refractivity contribution in [2.75, 3.05) is 38.3 Å². The number of hydrogen-bond donors (Lipinski definition) is 2. The van der Waals surface area contributed by atoms with E-state index in [9.17, 15) is 13.6 Å². The van der Waals surface area contributed by atoms with Crippen LogP contribution in [0.5, 0.6) is 0 Å². The zero-order valence-corrected chi connectivity index (χ0v) is 17.7. The largest absolute Gasteiger partial charge is 0.385 e. The Kier molecular flexibility index (Phi) is 7.02. The maximum atomic E-state index is 13.3. The predicted molar refractivity (Wildman–Crippen MR) is 111 cm³/mol. The fourth-order valence-corrected chi connectivity index (χ4v) is 3.76. The quantitative estimate of drug-likeness (QED) is 0.564. The first kappa shape index (κ1) is 22.1. The summed E-state index contributed by atoms with van der Waals surface area (Å²) < 4.78 is 32.0. The highest BCUT2D eigenvalue weighted by Crippen LogP contribution is 2.26. The zero-order chi connectivity index (χ0) is 21.8. The van der Waals surface area contributed by atoms with Crippen molar-refractivity contribution >= 4 is 17.6 Å². The Morgan fingerprint density at radius 3 is 2.70 bits per heavy atom. The summed E-state index contributed by atoms with van der Waals surface area (Å²) in [6, 6.07) is 3.48. The Bertz CT molecular complexity index is 837. The summed E-state index contributed by atoms with van der Waals surface area (Å²) in [5.74, 6) is 0.368. The van der Waals surface area contributed by atoms with Crippen LogP contribution >= 0.6 is 0 Å². The van der Waals surface area contributed by atoms with Gasteiger partial charge in [0.05, 0.1) is 6.54 Å². The highest BCUT2D eigenvalue weighted by molar-refractivity contribution is 6.08. The van der Waals surface area contributed by atoms with Crippen LogP contribution in [0.25, 0.3) is 0 Å². The highest BCUT2D eigenvalue weighted by Gasteiger charge is 2.28. The van der Waals surface area contributed by atoms with Crippen molar-refractivity contribution < 1.29 is 18.3 Å².